The molecule has 3 aromatic carbocycles. The third-order valence-electron chi connectivity index (χ3n) is 5.44. The van der Waals surface area contributed by atoms with Crippen LogP contribution in [-0.2, 0) is 5.41 Å². The fourth-order valence-corrected chi connectivity index (χ4v) is 4.93. The molecule has 0 saturated heterocycles. The van der Waals surface area contributed by atoms with Crippen molar-refractivity contribution < 1.29 is 0 Å². The summed E-state index contributed by atoms with van der Waals surface area (Å²) < 4.78 is 3.58. The molecule has 1 aromatic heterocycles. The molecular formula is C23H18BrN. The first-order chi connectivity index (χ1) is 12.1. The third kappa shape index (κ3) is 1.89. The van der Waals surface area contributed by atoms with Crippen LogP contribution in [0.25, 0.3) is 27.8 Å². The molecule has 5 rings (SSSR count). The lowest BCUT2D eigenvalue weighted by molar-refractivity contribution is 0.666. The van der Waals surface area contributed by atoms with Gasteiger partial charge in [0.1, 0.15) is 0 Å². The van der Waals surface area contributed by atoms with Gasteiger partial charge in [-0.05, 0) is 35.4 Å². The zero-order valence-corrected chi connectivity index (χ0v) is 15.8. The lowest BCUT2D eigenvalue weighted by Crippen LogP contribution is -2.14. The first-order valence-corrected chi connectivity index (χ1v) is 9.38. The van der Waals surface area contributed by atoms with Crippen LogP contribution in [0.4, 0.5) is 0 Å². The van der Waals surface area contributed by atoms with Gasteiger partial charge in [-0.3, -0.25) is 0 Å². The Bertz CT molecular complexity index is 1120. The van der Waals surface area contributed by atoms with Gasteiger partial charge in [-0.25, -0.2) is 0 Å². The van der Waals surface area contributed by atoms with Crippen LogP contribution < -0.4 is 0 Å². The minimum Gasteiger partial charge on any atom is -0.309 e. The Labute approximate surface area is 156 Å². The SMILES string of the molecule is CC1(C)c2ccccc2-c2c1c1c(Br)cccc1n2-c1ccccc1. The van der Waals surface area contributed by atoms with E-state index in [1.165, 1.54) is 39.0 Å². The van der Waals surface area contributed by atoms with E-state index in [1.807, 2.05) is 0 Å². The Balaban J connectivity index is 2.04. The van der Waals surface area contributed by atoms with Gasteiger partial charge in [0.05, 0.1) is 11.2 Å². The van der Waals surface area contributed by atoms with E-state index in [-0.39, 0.29) is 5.41 Å². The molecule has 0 radical (unpaired) electrons. The maximum Gasteiger partial charge on any atom is 0.0585 e. The average molecular weight is 388 g/mol. The molecule has 122 valence electrons. The van der Waals surface area contributed by atoms with E-state index in [2.05, 4.69) is 107 Å². The Hall–Kier alpha value is -2.32. The van der Waals surface area contributed by atoms with Crippen molar-refractivity contribution in [2.24, 2.45) is 0 Å². The Morgan fingerprint density at radius 1 is 0.800 bits per heavy atom. The van der Waals surface area contributed by atoms with Gasteiger partial charge in [0.25, 0.3) is 0 Å². The van der Waals surface area contributed by atoms with E-state index in [9.17, 15) is 0 Å². The van der Waals surface area contributed by atoms with Gasteiger partial charge < -0.3 is 4.57 Å². The van der Waals surface area contributed by atoms with Crippen molar-refractivity contribution in [1.29, 1.82) is 0 Å². The van der Waals surface area contributed by atoms with Crippen LogP contribution in [0, 0.1) is 0 Å². The van der Waals surface area contributed by atoms with E-state index < -0.39 is 0 Å². The van der Waals surface area contributed by atoms with Gasteiger partial charge in [-0.2, -0.15) is 0 Å². The van der Waals surface area contributed by atoms with Crippen LogP contribution in [0.2, 0.25) is 0 Å². The van der Waals surface area contributed by atoms with Crippen LogP contribution in [-0.4, -0.2) is 4.57 Å². The van der Waals surface area contributed by atoms with Crippen molar-refractivity contribution in [3.05, 3.63) is 88.4 Å². The van der Waals surface area contributed by atoms with Crippen molar-refractivity contribution in [2.75, 3.05) is 0 Å². The summed E-state index contributed by atoms with van der Waals surface area (Å²) in [6.07, 6.45) is 0. The highest BCUT2D eigenvalue weighted by Gasteiger charge is 2.40. The van der Waals surface area contributed by atoms with Crippen LogP contribution >= 0.6 is 15.9 Å². The van der Waals surface area contributed by atoms with Gasteiger partial charge in [-0.1, -0.05) is 78.3 Å². The number of hydrogen-bond donors (Lipinski definition) is 0. The van der Waals surface area contributed by atoms with Crippen LogP contribution in [0.15, 0.2) is 77.3 Å². The number of hydrogen-bond acceptors (Lipinski definition) is 0. The molecule has 0 spiro atoms. The molecule has 2 heteroatoms. The number of fused-ring (bicyclic) bond motifs is 5. The third-order valence-corrected chi connectivity index (χ3v) is 6.10. The number of nitrogens with zero attached hydrogens (tertiary/aromatic N) is 1. The molecule has 0 fully saturated rings. The molecule has 0 unspecified atom stereocenters. The molecular weight excluding hydrogens is 370 g/mol. The predicted octanol–water partition coefficient (Wildman–Crippen LogP) is 6.70. The van der Waals surface area contributed by atoms with Gasteiger partial charge in [0, 0.05) is 26.5 Å². The predicted molar refractivity (Wildman–Crippen MR) is 109 cm³/mol. The number of rotatable bonds is 1. The second-order valence-corrected chi connectivity index (χ2v) is 8.05. The zero-order valence-electron chi connectivity index (χ0n) is 14.3. The van der Waals surface area contributed by atoms with Crippen molar-refractivity contribution in [3.8, 4) is 16.9 Å². The lowest BCUT2D eigenvalue weighted by atomic mass is 9.81. The topological polar surface area (TPSA) is 4.93 Å². The first kappa shape index (κ1) is 15.0. The van der Waals surface area contributed by atoms with Gasteiger partial charge in [0.15, 0.2) is 0 Å². The van der Waals surface area contributed by atoms with Crippen LogP contribution in [0.3, 0.4) is 0 Å². The summed E-state index contributed by atoms with van der Waals surface area (Å²) in [6, 6.07) is 26.0. The number of benzene rings is 3. The first-order valence-electron chi connectivity index (χ1n) is 8.59. The molecule has 0 N–H and O–H groups in total. The van der Waals surface area contributed by atoms with E-state index in [1.54, 1.807) is 0 Å². The molecule has 0 amide bonds. The fourth-order valence-electron chi connectivity index (χ4n) is 4.38. The van der Waals surface area contributed by atoms with Gasteiger partial charge in [-0.15, -0.1) is 0 Å². The van der Waals surface area contributed by atoms with Gasteiger partial charge in [0.2, 0.25) is 0 Å². The second-order valence-electron chi connectivity index (χ2n) is 7.20. The van der Waals surface area contributed by atoms with Crippen molar-refractivity contribution in [1.82, 2.24) is 4.57 Å². The summed E-state index contributed by atoms with van der Waals surface area (Å²) in [7, 11) is 0. The minimum absolute atomic E-state index is 0.0198. The molecule has 0 aliphatic heterocycles. The normalized spacial score (nSPS) is 14.5. The van der Waals surface area contributed by atoms with Crippen LogP contribution in [0.5, 0.6) is 0 Å². The summed E-state index contributed by atoms with van der Waals surface area (Å²) >= 11 is 3.82. The number of aromatic nitrogens is 1. The van der Waals surface area contributed by atoms with Crippen molar-refractivity contribution in [3.63, 3.8) is 0 Å². The summed E-state index contributed by atoms with van der Waals surface area (Å²) in [5, 5.41) is 1.32. The minimum atomic E-state index is -0.0198. The standard InChI is InChI=1S/C23H18BrN/c1-23(2)17-12-7-6-11-16(17)22-21(23)20-18(24)13-8-14-19(20)25(22)15-9-4-3-5-10-15/h3-14H,1-2H3. The molecule has 1 nitrogen and oxygen atoms in total. The second kappa shape index (κ2) is 5.09. The average Bonchev–Trinajstić information content (AvgIpc) is 3.09. The summed E-state index contributed by atoms with van der Waals surface area (Å²) in [5.74, 6) is 0. The molecule has 1 aliphatic carbocycles. The fraction of sp³-hybridized carbons (Fsp3) is 0.130. The quantitative estimate of drug-likeness (QED) is 0.342. The Morgan fingerprint density at radius 2 is 1.52 bits per heavy atom. The molecule has 0 bridgehead atoms. The molecule has 1 aliphatic rings. The Kier molecular flexibility index (Phi) is 3.05. The van der Waals surface area contributed by atoms with Crippen molar-refractivity contribution in [2.45, 2.75) is 19.3 Å². The molecule has 4 aromatic rings. The van der Waals surface area contributed by atoms with E-state index >= 15 is 0 Å². The molecule has 0 atom stereocenters. The van der Waals surface area contributed by atoms with E-state index in [0.717, 1.165) is 4.47 Å². The smallest absolute Gasteiger partial charge is 0.0585 e. The highest BCUT2D eigenvalue weighted by molar-refractivity contribution is 9.10. The van der Waals surface area contributed by atoms with E-state index in [0.29, 0.717) is 0 Å². The summed E-state index contributed by atoms with van der Waals surface area (Å²) in [6.45, 7) is 4.68. The largest absolute Gasteiger partial charge is 0.309 e. The molecule has 1 heterocycles. The maximum absolute atomic E-state index is 3.82. The van der Waals surface area contributed by atoms with Gasteiger partial charge >= 0.3 is 0 Å². The number of para-hydroxylation sites is 1. The molecule has 25 heavy (non-hydrogen) atoms. The van der Waals surface area contributed by atoms with Crippen LogP contribution in [0.1, 0.15) is 25.0 Å². The lowest BCUT2D eigenvalue weighted by Gasteiger charge is -2.21. The number of halogens is 1. The highest BCUT2D eigenvalue weighted by atomic mass is 79.9. The summed E-state index contributed by atoms with van der Waals surface area (Å²) in [5.41, 5.74) is 7.94. The molecule has 0 saturated carbocycles. The Morgan fingerprint density at radius 3 is 2.32 bits per heavy atom. The summed E-state index contributed by atoms with van der Waals surface area (Å²) in [4.78, 5) is 0. The maximum atomic E-state index is 3.82. The zero-order chi connectivity index (χ0) is 17.2. The highest BCUT2D eigenvalue weighted by Crippen LogP contribution is 2.54. The van der Waals surface area contributed by atoms with E-state index in [4.69, 9.17) is 0 Å². The monoisotopic (exact) mass is 387 g/mol. The van der Waals surface area contributed by atoms with Crippen molar-refractivity contribution >= 4 is 26.8 Å².